The summed E-state index contributed by atoms with van der Waals surface area (Å²) >= 11 is 0. The van der Waals surface area contributed by atoms with Gasteiger partial charge in [-0.1, -0.05) is 43.0 Å². The molecule has 126 valence electrons. The van der Waals surface area contributed by atoms with E-state index in [1.54, 1.807) is 6.08 Å². The number of esters is 1. The lowest BCUT2D eigenvalue weighted by Gasteiger charge is -2.08. The van der Waals surface area contributed by atoms with Gasteiger partial charge in [0.1, 0.15) is 12.4 Å². The monoisotopic (exact) mass is 333 g/mol. The first-order valence-corrected chi connectivity index (χ1v) is 7.99. The van der Waals surface area contributed by atoms with E-state index in [0.29, 0.717) is 18.3 Å². The third kappa shape index (κ3) is 3.86. The normalized spacial score (nSPS) is 15.0. The van der Waals surface area contributed by atoms with Crippen molar-refractivity contribution in [3.63, 3.8) is 0 Å². The van der Waals surface area contributed by atoms with E-state index in [1.807, 2.05) is 62.4 Å². The van der Waals surface area contributed by atoms with E-state index in [1.165, 1.54) is 0 Å². The van der Waals surface area contributed by atoms with E-state index in [4.69, 9.17) is 9.47 Å². The summed E-state index contributed by atoms with van der Waals surface area (Å²) in [5.41, 5.74) is 3.75. The largest absolute Gasteiger partial charge is 0.489 e. The lowest BCUT2D eigenvalue weighted by molar-refractivity contribution is -0.129. The highest BCUT2D eigenvalue weighted by Gasteiger charge is 2.25. The predicted molar refractivity (Wildman–Crippen MR) is 98.5 cm³/mol. The van der Waals surface area contributed by atoms with Crippen molar-refractivity contribution < 1.29 is 14.3 Å². The van der Waals surface area contributed by atoms with Crippen molar-refractivity contribution in [3.8, 4) is 5.75 Å². The molecule has 0 bridgehead atoms. The van der Waals surface area contributed by atoms with Crippen LogP contribution in [0, 0.1) is 6.92 Å². The molecule has 4 heteroatoms. The molecule has 0 fully saturated rings. The standard InChI is InChI=1S/C21H19NO3/c1-14(2)13-24-19-11-7-5-9-16(19)12-18-21(23)25-20(22-18)17-10-6-4-8-15(17)3/h4-12H,1,13H2,2-3H3/b18-12+. The van der Waals surface area contributed by atoms with Crippen molar-refractivity contribution in [1.29, 1.82) is 0 Å². The molecule has 1 heterocycles. The number of para-hydroxylation sites is 1. The van der Waals surface area contributed by atoms with Crippen molar-refractivity contribution in [2.24, 2.45) is 4.99 Å². The third-order valence-corrected chi connectivity index (χ3v) is 3.68. The Hall–Kier alpha value is -3.14. The molecule has 0 aliphatic carbocycles. The van der Waals surface area contributed by atoms with Gasteiger partial charge < -0.3 is 9.47 Å². The van der Waals surface area contributed by atoms with Crippen LogP contribution in [0.4, 0.5) is 0 Å². The van der Waals surface area contributed by atoms with E-state index >= 15 is 0 Å². The average molecular weight is 333 g/mol. The molecule has 0 spiro atoms. The van der Waals surface area contributed by atoms with Crippen LogP contribution in [-0.4, -0.2) is 18.5 Å². The highest BCUT2D eigenvalue weighted by atomic mass is 16.6. The van der Waals surface area contributed by atoms with Crippen molar-refractivity contribution >= 4 is 17.9 Å². The molecule has 2 aromatic carbocycles. The summed E-state index contributed by atoms with van der Waals surface area (Å²) in [4.78, 5) is 16.6. The maximum atomic E-state index is 12.2. The predicted octanol–water partition coefficient (Wildman–Crippen LogP) is 4.29. The smallest absolute Gasteiger partial charge is 0.363 e. The fourth-order valence-electron chi connectivity index (χ4n) is 2.42. The Morgan fingerprint density at radius 3 is 2.68 bits per heavy atom. The van der Waals surface area contributed by atoms with Gasteiger partial charge in [-0.3, -0.25) is 0 Å². The van der Waals surface area contributed by atoms with Crippen LogP contribution < -0.4 is 4.74 Å². The summed E-state index contributed by atoms with van der Waals surface area (Å²) in [6, 6.07) is 15.1. The van der Waals surface area contributed by atoms with Crippen LogP contribution in [0.25, 0.3) is 6.08 Å². The number of cyclic esters (lactones) is 1. The van der Waals surface area contributed by atoms with Crippen LogP contribution in [0.1, 0.15) is 23.6 Å². The Kier molecular flexibility index (Phi) is 4.80. The van der Waals surface area contributed by atoms with Gasteiger partial charge in [0, 0.05) is 11.1 Å². The number of carbonyl (C=O) groups is 1. The topological polar surface area (TPSA) is 47.9 Å². The number of carbonyl (C=O) groups excluding carboxylic acids is 1. The number of aliphatic imine (C=N–C) groups is 1. The Bertz CT molecular complexity index is 894. The molecule has 0 saturated carbocycles. The van der Waals surface area contributed by atoms with E-state index in [9.17, 15) is 4.79 Å². The van der Waals surface area contributed by atoms with E-state index in [-0.39, 0.29) is 5.70 Å². The lowest BCUT2D eigenvalue weighted by Crippen LogP contribution is -2.06. The zero-order chi connectivity index (χ0) is 17.8. The Morgan fingerprint density at radius 2 is 1.92 bits per heavy atom. The van der Waals surface area contributed by atoms with Crippen LogP contribution >= 0.6 is 0 Å². The fourth-order valence-corrected chi connectivity index (χ4v) is 2.42. The molecule has 1 aliphatic heterocycles. The van der Waals surface area contributed by atoms with Crippen molar-refractivity contribution in [2.45, 2.75) is 13.8 Å². The minimum Gasteiger partial charge on any atom is -0.489 e. The molecule has 1 aliphatic rings. The molecule has 3 rings (SSSR count). The molecule has 0 amide bonds. The molecular formula is C21H19NO3. The number of hydrogen-bond acceptors (Lipinski definition) is 4. The second-order valence-corrected chi connectivity index (χ2v) is 5.93. The lowest BCUT2D eigenvalue weighted by atomic mass is 10.1. The van der Waals surface area contributed by atoms with E-state index in [2.05, 4.69) is 11.6 Å². The Morgan fingerprint density at radius 1 is 1.20 bits per heavy atom. The fraction of sp³-hybridized carbons (Fsp3) is 0.143. The summed E-state index contributed by atoms with van der Waals surface area (Å²) in [6.45, 7) is 8.10. The van der Waals surface area contributed by atoms with Gasteiger partial charge in [-0.2, -0.15) is 0 Å². The first-order valence-electron chi connectivity index (χ1n) is 7.99. The van der Waals surface area contributed by atoms with Gasteiger partial charge in [-0.15, -0.1) is 0 Å². The molecule has 2 aromatic rings. The highest BCUT2D eigenvalue weighted by Crippen LogP contribution is 2.25. The number of aryl methyl sites for hydroxylation is 1. The SMILES string of the molecule is C=C(C)COc1ccccc1/C=C1/N=C(c2ccccc2C)OC1=O. The van der Waals surface area contributed by atoms with Crippen molar-refractivity contribution in [1.82, 2.24) is 0 Å². The highest BCUT2D eigenvalue weighted by molar-refractivity contribution is 6.13. The van der Waals surface area contributed by atoms with Crippen LogP contribution in [0.5, 0.6) is 5.75 Å². The number of rotatable bonds is 5. The number of hydrogen-bond donors (Lipinski definition) is 0. The summed E-state index contributed by atoms with van der Waals surface area (Å²) in [7, 11) is 0. The van der Waals surface area contributed by atoms with Crippen molar-refractivity contribution in [2.75, 3.05) is 6.61 Å². The maximum Gasteiger partial charge on any atom is 0.363 e. The molecule has 0 aromatic heterocycles. The van der Waals surface area contributed by atoms with Crippen LogP contribution in [0.2, 0.25) is 0 Å². The van der Waals surface area contributed by atoms with Crippen LogP contribution in [0.3, 0.4) is 0 Å². The number of benzene rings is 2. The molecular weight excluding hydrogens is 314 g/mol. The van der Waals surface area contributed by atoms with Gasteiger partial charge in [0.2, 0.25) is 5.90 Å². The Balaban J connectivity index is 1.93. The molecule has 0 atom stereocenters. The summed E-state index contributed by atoms with van der Waals surface area (Å²) in [6.07, 6.45) is 1.68. The zero-order valence-electron chi connectivity index (χ0n) is 14.3. The molecule has 4 nitrogen and oxygen atoms in total. The van der Waals surface area contributed by atoms with Crippen molar-refractivity contribution in [3.05, 3.63) is 83.1 Å². The minimum atomic E-state index is -0.465. The summed E-state index contributed by atoms with van der Waals surface area (Å²) in [5, 5.41) is 0. The van der Waals surface area contributed by atoms with Gasteiger partial charge in [0.15, 0.2) is 5.70 Å². The second kappa shape index (κ2) is 7.18. The molecule has 0 radical (unpaired) electrons. The molecule has 25 heavy (non-hydrogen) atoms. The third-order valence-electron chi connectivity index (χ3n) is 3.68. The first-order chi connectivity index (χ1) is 12.0. The van der Waals surface area contributed by atoms with Gasteiger partial charge in [0.25, 0.3) is 0 Å². The van der Waals surface area contributed by atoms with Gasteiger partial charge >= 0.3 is 5.97 Å². The molecule has 0 saturated heterocycles. The van der Waals surface area contributed by atoms with Gasteiger partial charge in [-0.25, -0.2) is 9.79 Å². The minimum absolute atomic E-state index is 0.254. The Labute approximate surface area is 147 Å². The molecule has 0 N–H and O–H groups in total. The van der Waals surface area contributed by atoms with E-state index in [0.717, 1.165) is 22.3 Å². The number of nitrogens with zero attached hydrogens (tertiary/aromatic N) is 1. The number of ether oxygens (including phenoxy) is 2. The van der Waals surface area contributed by atoms with Gasteiger partial charge in [-0.05, 0) is 43.2 Å². The quantitative estimate of drug-likeness (QED) is 0.466. The maximum absolute atomic E-state index is 12.2. The van der Waals surface area contributed by atoms with Crippen LogP contribution in [0.15, 0.2) is 71.4 Å². The zero-order valence-corrected chi connectivity index (χ0v) is 14.3. The second-order valence-electron chi connectivity index (χ2n) is 5.93. The molecule has 0 unspecified atom stereocenters. The average Bonchev–Trinajstić information content (AvgIpc) is 2.95. The van der Waals surface area contributed by atoms with E-state index < -0.39 is 5.97 Å². The first kappa shape index (κ1) is 16.7. The summed E-state index contributed by atoms with van der Waals surface area (Å²) < 4.78 is 11.1. The summed E-state index contributed by atoms with van der Waals surface area (Å²) in [5.74, 6) is 0.535. The van der Waals surface area contributed by atoms with Crippen LogP contribution in [-0.2, 0) is 9.53 Å². The van der Waals surface area contributed by atoms with Gasteiger partial charge in [0.05, 0.1) is 0 Å².